The van der Waals surface area contributed by atoms with Crippen molar-refractivity contribution < 1.29 is 32.6 Å². The highest BCUT2D eigenvalue weighted by molar-refractivity contribution is 6.09. The van der Waals surface area contributed by atoms with Crippen LogP contribution in [0.3, 0.4) is 0 Å². The molecular weight excluding hydrogens is 438 g/mol. The Kier molecular flexibility index (Phi) is 5.64. The van der Waals surface area contributed by atoms with Crippen molar-refractivity contribution in [2.75, 3.05) is 36.3 Å². The van der Waals surface area contributed by atoms with E-state index in [4.69, 9.17) is 9.47 Å². The molecule has 4 rings (SSSR count). The number of fused-ring (bicyclic) bond motifs is 1. The zero-order chi connectivity index (χ0) is 23.9. The van der Waals surface area contributed by atoms with Gasteiger partial charge in [-0.15, -0.1) is 0 Å². The third-order valence-corrected chi connectivity index (χ3v) is 5.55. The van der Waals surface area contributed by atoms with E-state index in [0.29, 0.717) is 0 Å². The first kappa shape index (κ1) is 22.4. The van der Waals surface area contributed by atoms with Gasteiger partial charge in [-0.05, 0) is 31.9 Å². The standard InChI is InChI=1S/C22H22F2N4O5/c1-4-28-17-13(22(23,24)21(28)31)7-8-14(18(17)32-2)26-15-9-16(27-19(29)11-5-6-11)25-10-12(15)20(30)33-3/h7-11H,4-6H2,1-3H3,(H2,25,26,27,29). The molecule has 0 spiro atoms. The van der Waals surface area contributed by atoms with E-state index >= 15 is 0 Å². The Morgan fingerprint density at radius 3 is 2.58 bits per heavy atom. The van der Waals surface area contributed by atoms with E-state index in [0.717, 1.165) is 23.8 Å². The molecular formula is C22H22F2N4O5. The van der Waals surface area contributed by atoms with Gasteiger partial charge >= 0.3 is 17.8 Å². The highest BCUT2D eigenvalue weighted by Crippen LogP contribution is 2.51. The van der Waals surface area contributed by atoms with Gasteiger partial charge in [-0.25, -0.2) is 9.78 Å². The van der Waals surface area contributed by atoms with Gasteiger partial charge in [-0.1, -0.05) is 0 Å². The van der Waals surface area contributed by atoms with Gasteiger partial charge in [0.2, 0.25) is 5.91 Å². The van der Waals surface area contributed by atoms with Crippen molar-refractivity contribution in [2.24, 2.45) is 5.92 Å². The van der Waals surface area contributed by atoms with Gasteiger partial charge in [0, 0.05) is 24.7 Å². The molecule has 0 unspecified atom stereocenters. The lowest BCUT2D eigenvalue weighted by Gasteiger charge is -2.20. The summed E-state index contributed by atoms with van der Waals surface area (Å²) in [6.07, 6.45) is 2.86. The van der Waals surface area contributed by atoms with Gasteiger partial charge in [0.1, 0.15) is 11.4 Å². The smallest absolute Gasteiger partial charge is 0.352 e. The van der Waals surface area contributed by atoms with Crippen molar-refractivity contribution in [3.05, 3.63) is 35.5 Å². The van der Waals surface area contributed by atoms with Gasteiger partial charge in [0.15, 0.2) is 5.75 Å². The molecule has 2 heterocycles. The molecule has 1 fully saturated rings. The number of likely N-dealkylation sites (N-methyl/N-ethyl adjacent to an activating group) is 1. The number of carbonyl (C=O) groups excluding carboxylic acids is 3. The first-order valence-corrected chi connectivity index (χ1v) is 10.3. The Labute approximate surface area is 188 Å². The summed E-state index contributed by atoms with van der Waals surface area (Å²) < 4.78 is 39.3. The summed E-state index contributed by atoms with van der Waals surface area (Å²) in [6.45, 7) is 1.59. The van der Waals surface area contributed by atoms with E-state index in [-0.39, 0.29) is 52.6 Å². The number of alkyl halides is 2. The zero-order valence-corrected chi connectivity index (χ0v) is 18.2. The van der Waals surface area contributed by atoms with Crippen LogP contribution in [0.4, 0.5) is 31.7 Å². The lowest BCUT2D eigenvalue weighted by atomic mass is 10.1. The molecule has 1 aliphatic heterocycles. The molecule has 1 aromatic heterocycles. The Morgan fingerprint density at radius 2 is 1.97 bits per heavy atom. The van der Waals surface area contributed by atoms with E-state index < -0.39 is 23.4 Å². The van der Waals surface area contributed by atoms with E-state index in [1.165, 1.54) is 32.5 Å². The van der Waals surface area contributed by atoms with E-state index in [2.05, 4.69) is 15.6 Å². The molecule has 33 heavy (non-hydrogen) atoms. The van der Waals surface area contributed by atoms with Crippen LogP contribution in [0.15, 0.2) is 24.4 Å². The average molecular weight is 460 g/mol. The molecule has 0 bridgehead atoms. The van der Waals surface area contributed by atoms with Gasteiger partial charge in [-0.3, -0.25) is 9.59 Å². The second-order valence-electron chi connectivity index (χ2n) is 7.66. The van der Waals surface area contributed by atoms with Gasteiger partial charge < -0.3 is 25.0 Å². The van der Waals surface area contributed by atoms with Crippen LogP contribution < -0.4 is 20.3 Å². The van der Waals surface area contributed by atoms with Crippen molar-refractivity contribution in [1.82, 2.24) is 4.98 Å². The Bertz CT molecular complexity index is 1150. The minimum atomic E-state index is -3.68. The molecule has 0 saturated heterocycles. The van der Waals surface area contributed by atoms with Crippen molar-refractivity contribution in [1.29, 1.82) is 0 Å². The number of pyridine rings is 1. The Balaban J connectivity index is 1.77. The number of nitrogens with one attached hydrogen (secondary N) is 2. The number of hydrogen-bond donors (Lipinski definition) is 2. The fraction of sp³-hybridized carbons (Fsp3) is 0.364. The molecule has 1 aliphatic carbocycles. The predicted octanol–water partition coefficient (Wildman–Crippen LogP) is 3.43. The third kappa shape index (κ3) is 3.83. The van der Waals surface area contributed by atoms with Crippen LogP contribution in [0.5, 0.6) is 5.75 Å². The van der Waals surface area contributed by atoms with Crippen LogP contribution in [0.2, 0.25) is 0 Å². The molecule has 2 N–H and O–H groups in total. The fourth-order valence-corrected chi connectivity index (χ4v) is 3.70. The van der Waals surface area contributed by atoms with Crippen LogP contribution in [-0.2, 0) is 20.2 Å². The van der Waals surface area contributed by atoms with Gasteiger partial charge in [0.05, 0.1) is 36.8 Å². The number of esters is 1. The summed E-state index contributed by atoms with van der Waals surface area (Å²) in [5.74, 6) is -5.71. The van der Waals surface area contributed by atoms with Crippen molar-refractivity contribution in [2.45, 2.75) is 25.7 Å². The van der Waals surface area contributed by atoms with E-state index in [1.54, 1.807) is 6.92 Å². The SMILES string of the molecule is CCN1C(=O)C(F)(F)c2ccc(Nc3cc(NC(=O)C4CC4)ncc3C(=O)OC)c(OC)c21. The molecule has 2 amide bonds. The summed E-state index contributed by atoms with van der Waals surface area (Å²) in [4.78, 5) is 41.7. The summed E-state index contributed by atoms with van der Waals surface area (Å²) in [5, 5.41) is 5.67. The van der Waals surface area contributed by atoms with Crippen LogP contribution in [0.1, 0.15) is 35.7 Å². The lowest BCUT2D eigenvalue weighted by Crippen LogP contribution is -2.34. The maximum Gasteiger partial charge on any atom is 0.352 e. The first-order chi connectivity index (χ1) is 15.7. The summed E-state index contributed by atoms with van der Waals surface area (Å²) in [7, 11) is 2.50. The van der Waals surface area contributed by atoms with Crippen LogP contribution in [-0.4, -0.2) is 43.5 Å². The summed E-state index contributed by atoms with van der Waals surface area (Å²) in [5.41, 5.74) is -0.0115. The van der Waals surface area contributed by atoms with Crippen LogP contribution in [0.25, 0.3) is 0 Å². The van der Waals surface area contributed by atoms with Crippen LogP contribution >= 0.6 is 0 Å². The lowest BCUT2D eigenvalue weighted by molar-refractivity contribution is -0.141. The second kappa shape index (κ2) is 8.30. The molecule has 9 nitrogen and oxygen atoms in total. The quantitative estimate of drug-likeness (QED) is 0.609. The Hall–Kier alpha value is -3.76. The molecule has 2 aliphatic rings. The highest BCUT2D eigenvalue weighted by Gasteiger charge is 2.54. The molecule has 1 aromatic carbocycles. The Morgan fingerprint density at radius 1 is 1.24 bits per heavy atom. The van der Waals surface area contributed by atoms with Crippen LogP contribution in [0, 0.1) is 5.92 Å². The third-order valence-electron chi connectivity index (χ3n) is 5.55. The summed E-state index contributed by atoms with van der Waals surface area (Å²) in [6, 6.07) is 3.92. The number of carbonyl (C=O) groups is 3. The number of methoxy groups -OCH3 is 2. The molecule has 1 saturated carbocycles. The molecule has 0 radical (unpaired) electrons. The maximum absolute atomic E-state index is 14.5. The molecule has 0 atom stereocenters. The highest BCUT2D eigenvalue weighted by atomic mass is 19.3. The number of benzene rings is 1. The number of ether oxygens (including phenoxy) is 2. The molecule has 2 aromatic rings. The summed E-state index contributed by atoms with van der Waals surface area (Å²) >= 11 is 0. The number of nitrogens with zero attached hydrogens (tertiary/aromatic N) is 2. The van der Waals surface area contributed by atoms with Crippen molar-refractivity contribution >= 4 is 40.7 Å². The number of anilines is 4. The van der Waals surface area contributed by atoms with Crippen molar-refractivity contribution in [3.63, 3.8) is 0 Å². The van der Waals surface area contributed by atoms with Gasteiger partial charge in [0.25, 0.3) is 0 Å². The molecule has 11 heteroatoms. The minimum Gasteiger partial charge on any atom is -0.492 e. The minimum absolute atomic E-state index is 0.0102. The number of rotatable bonds is 7. The normalized spacial score (nSPS) is 16.3. The fourth-order valence-electron chi connectivity index (χ4n) is 3.70. The zero-order valence-electron chi connectivity index (χ0n) is 18.2. The monoisotopic (exact) mass is 460 g/mol. The van der Waals surface area contributed by atoms with Crippen molar-refractivity contribution in [3.8, 4) is 5.75 Å². The number of aromatic nitrogens is 1. The van der Waals surface area contributed by atoms with E-state index in [9.17, 15) is 23.2 Å². The topological polar surface area (TPSA) is 110 Å². The first-order valence-electron chi connectivity index (χ1n) is 10.3. The van der Waals surface area contributed by atoms with E-state index in [1.807, 2.05) is 0 Å². The predicted molar refractivity (Wildman–Crippen MR) is 115 cm³/mol. The molecule has 174 valence electrons. The average Bonchev–Trinajstić information content (AvgIpc) is 3.62. The maximum atomic E-state index is 14.5. The number of halogens is 2. The largest absolute Gasteiger partial charge is 0.492 e. The number of hydrogen-bond acceptors (Lipinski definition) is 7. The second-order valence-corrected chi connectivity index (χ2v) is 7.66. The van der Waals surface area contributed by atoms with Gasteiger partial charge in [-0.2, -0.15) is 8.78 Å². The number of amides is 2.